The SMILES string of the molecule is CCOC(=O)N1CCC[C@@H](C(=O)Nc2c(C(C)C)cccc2C(C)C)C1. The maximum atomic E-state index is 13.0. The van der Waals surface area contributed by atoms with E-state index in [2.05, 4.69) is 51.2 Å². The summed E-state index contributed by atoms with van der Waals surface area (Å²) in [5.41, 5.74) is 3.25. The largest absolute Gasteiger partial charge is 0.450 e. The van der Waals surface area contributed by atoms with Crippen molar-refractivity contribution in [2.24, 2.45) is 5.92 Å². The molecule has 0 radical (unpaired) electrons. The van der Waals surface area contributed by atoms with E-state index in [0.29, 0.717) is 31.5 Å². The fourth-order valence-electron chi connectivity index (χ4n) is 3.49. The quantitative estimate of drug-likeness (QED) is 0.825. The topological polar surface area (TPSA) is 58.6 Å². The van der Waals surface area contributed by atoms with Gasteiger partial charge in [-0.25, -0.2) is 4.79 Å². The number of hydrogen-bond acceptors (Lipinski definition) is 3. The summed E-state index contributed by atoms with van der Waals surface area (Å²) in [4.78, 5) is 26.6. The third kappa shape index (κ3) is 4.77. The molecule has 1 N–H and O–H groups in total. The molecule has 0 aromatic heterocycles. The zero-order valence-corrected chi connectivity index (χ0v) is 16.7. The van der Waals surface area contributed by atoms with Crippen molar-refractivity contribution in [2.45, 2.75) is 59.3 Å². The van der Waals surface area contributed by atoms with E-state index in [0.717, 1.165) is 29.7 Å². The number of carbonyl (C=O) groups is 2. The van der Waals surface area contributed by atoms with Crippen molar-refractivity contribution in [1.29, 1.82) is 0 Å². The van der Waals surface area contributed by atoms with Crippen LogP contribution >= 0.6 is 0 Å². The predicted octanol–water partition coefficient (Wildman–Crippen LogP) is 4.74. The molecule has 26 heavy (non-hydrogen) atoms. The molecule has 0 unspecified atom stereocenters. The zero-order chi connectivity index (χ0) is 19.3. The van der Waals surface area contributed by atoms with E-state index in [9.17, 15) is 9.59 Å². The summed E-state index contributed by atoms with van der Waals surface area (Å²) in [5.74, 6) is 0.445. The molecule has 5 heteroatoms. The zero-order valence-electron chi connectivity index (χ0n) is 16.7. The molecule has 2 amide bonds. The van der Waals surface area contributed by atoms with Crippen LogP contribution in [0.4, 0.5) is 10.5 Å². The molecule has 144 valence electrons. The van der Waals surface area contributed by atoms with Crippen molar-refractivity contribution < 1.29 is 14.3 Å². The second-order valence-corrected chi connectivity index (χ2v) is 7.59. The average Bonchev–Trinajstić information content (AvgIpc) is 2.61. The number of anilines is 1. The van der Waals surface area contributed by atoms with Crippen LogP contribution < -0.4 is 5.32 Å². The van der Waals surface area contributed by atoms with E-state index < -0.39 is 0 Å². The van der Waals surface area contributed by atoms with Crippen LogP contribution in [-0.4, -0.2) is 36.6 Å². The number of amides is 2. The maximum absolute atomic E-state index is 13.0. The first kappa shape index (κ1) is 20.3. The number of nitrogens with zero attached hydrogens (tertiary/aromatic N) is 1. The van der Waals surface area contributed by atoms with Crippen molar-refractivity contribution in [2.75, 3.05) is 25.0 Å². The van der Waals surface area contributed by atoms with Gasteiger partial charge in [0.2, 0.25) is 5.91 Å². The number of benzene rings is 1. The molecule has 0 spiro atoms. The molecule has 1 aromatic carbocycles. The van der Waals surface area contributed by atoms with E-state index in [1.54, 1.807) is 11.8 Å². The van der Waals surface area contributed by atoms with Crippen LogP contribution in [0.3, 0.4) is 0 Å². The molecule has 1 heterocycles. The number of hydrogen-bond donors (Lipinski definition) is 1. The van der Waals surface area contributed by atoms with Gasteiger partial charge in [-0.15, -0.1) is 0 Å². The van der Waals surface area contributed by atoms with Crippen LogP contribution in [0.2, 0.25) is 0 Å². The van der Waals surface area contributed by atoms with Crippen LogP contribution in [0.5, 0.6) is 0 Å². The van der Waals surface area contributed by atoms with E-state index in [-0.39, 0.29) is 17.9 Å². The smallest absolute Gasteiger partial charge is 0.409 e. The third-order valence-corrected chi connectivity index (χ3v) is 4.94. The average molecular weight is 360 g/mol. The summed E-state index contributed by atoms with van der Waals surface area (Å²) >= 11 is 0. The molecule has 1 aliphatic heterocycles. The van der Waals surface area contributed by atoms with Crippen LogP contribution in [-0.2, 0) is 9.53 Å². The highest BCUT2D eigenvalue weighted by atomic mass is 16.6. The van der Waals surface area contributed by atoms with E-state index >= 15 is 0 Å². The Labute approximate surface area is 157 Å². The molecule has 0 aliphatic carbocycles. The number of rotatable bonds is 5. The minimum Gasteiger partial charge on any atom is -0.450 e. The lowest BCUT2D eigenvalue weighted by Gasteiger charge is -2.31. The highest BCUT2D eigenvalue weighted by Gasteiger charge is 2.30. The number of carbonyl (C=O) groups excluding carboxylic acids is 2. The molecule has 1 fully saturated rings. The normalized spacial score (nSPS) is 17.5. The first-order valence-corrected chi connectivity index (χ1v) is 9.70. The maximum Gasteiger partial charge on any atom is 0.409 e. The van der Waals surface area contributed by atoms with Crippen LogP contribution in [0, 0.1) is 5.92 Å². The number of nitrogens with one attached hydrogen (secondary N) is 1. The summed E-state index contributed by atoms with van der Waals surface area (Å²) in [7, 11) is 0. The Morgan fingerprint density at radius 2 is 1.81 bits per heavy atom. The Morgan fingerprint density at radius 3 is 2.35 bits per heavy atom. The summed E-state index contributed by atoms with van der Waals surface area (Å²) < 4.78 is 5.08. The van der Waals surface area contributed by atoms with Gasteiger partial charge in [0.25, 0.3) is 0 Å². The predicted molar refractivity (Wildman–Crippen MR) is 105 cm³/mol. The van der Waals surface area contributed by atoms with Gasteiger partial charge in [0, 0.05) is 18.8 Å². The number of para-hydroxylation sites is 1. The Morgan fingerprint density at radius 1 is 1.19 bits per heavy atom. The van der Waals surface area contributed by atoms with Gasteiger partial charge in [-0.3, -0.25) is 4.79 Å². The molecule has 1 saturated heterocycles. The molecule has 1 atom stereocenters. The Balaban J connectivity index is 2.18. The van der Waals surface area contributed by atoms with Crippen LogP contribution in [0.15, 0.2) is 18.2 Å². The summed E-state index contributed by atoms with van der Waals surface area (Å²) in [6.07, 6.45) is 1.29. The molecule has 0 bridgehead atoms. The van der Waals surface area contributed by atoms with Gasteiger partial charge in [-0.2, -0.15) is 0 Å². The van der Waals surface area contributed by atoms with Crippen molar-refractivity contribution >= 4 is 17.7 Å². The van der Waals surface area contributed by atoms with Gasteiger partial charge in [0.05, 0.1) is 12.5 Å². The molecular weight excluding hydrogens is 328 g/mol. The lowest BCUT2D eigenvalue weighted by Crippen LogP contribution is -2.44. The highest BCUT2D eigenvalue weighted by Crippen LogP contribution is 2.33. The summed E-state index contributed by atoms with van der Waals surface area (Å²) in [5, 5.41) is 3.19. The molecule has 1 aromatic rings. The summed E-state index contributed by atoms with van der Waals surface area (Å²) in [6.45, 7) is 11.8. The highest BCUT2D eigenvalue weighted by molar-refractivity contribution is 5.94. The second kappa shape index (κ2) is 9.06. The van der Waals surface area contributed by atoms with Crippen molar-refractivity contribution in [3.63, 3.8) is 0 Å². The van der Waals surface area contributed by atoms with Gasteiger partial charge in [-0.1, -0.05) is 45.9 Å². The minimum absolute atomic E-state index is 0.00556. The van der Waals surface area contributed by atoms with E-state index in [4.69, 9.17) is 4.74 Å². The van der Waals surface area contributed by atoms with Crippen LogP contribution in [0.1, 0.15) is 70.4 Å². The molecular formula is C21H32N2O3. The second-order valence-electron chi connectivity index (χ2n) is 7.59. The molecule has 5 nitrogen and oxygen atoms in total. The Hall–Kier alpha value is -2.04. The number of ether oxygens (including phenoxy) is 1. The third-order valence-electron chi connectivity index (χ3n) is 4.94. The molecule has 2 rings (SSSR count). The van der Waals surface area contributed by atoms with Crippen molar-refractivity contribution in [1.82, 2.24) is 4.90 Å². The first-order valence-electron chi connectivity index (χ1n) is 9.70. The van der Waals surface area contributed by atoms with Gasteiger partial charge in [0.15, 0.2) is 0 Å². The Bertz CT molecular complexity index is 614. The Kier molecular flexibility index (Phi) is 7.06. The van der Waals surface area contributed by atoms with Crippen molar-refractivity contribution in [3.8, 4) is 0 Å². The van der Waals surface area contributed by atoms with Gasteiger partial charge < -0.3 is 15.0 Å². The fraction of sp³-hybridized carbons (Fsp3) is 0.619. The molecule has 0 saturated carbocycles. The van der Waals surface area contributed by atoms with Gasteiger partial charge >= 0.3 is 6.09 Å². The van der Waals surface area contributed by atoms with E-state index in [1.165, 1.54) is 0 Å². The number of piperidine rings is 1. The number of likely N-dealkylation sites (tertiary alicyclic amines) is 1. The van der Waals surface area contributed by atoms with Crippen molar-refractivity contribution in [3.05, 3.63) is 29.3 Å². The first-order chi connectivity index (χ1) is 12.3. The van der Waals surface area contributed by atoms with Crippen LogP contribution in [0.25, 0.3) is 0 Å². The fourth-order valence-corrected chi connectivity index (χ4v) is 3.49. The standard InChI is InChI=1S/C21H32N2O3/c1-6-26-21(25)23-12-8-9-16(13-23)20(24)22-19-17(14(2)3)10-7-11-18(19)15(4)5/h7,10-11,14-16H,6,8-9,12-13H2,1-5H3,(H,22,24)/t16-/m1/s1. The van der Waals surface area contributed by atoms with Gasteiger partial charge in [0.1, 0.15) is 0 Å². The van der Waals surface area contributed by atoms with Gasteiger partial charge in [-0.05, 0) is 42.7 Å². The minimum atomic E-state index is -0.324. The monoisotopic (exact) mass is 360 g/mol. The summed E-state index contributed by atoms with van der Waals surface area (Å²) in [6, 6.07) is 6.22. The molecule has 1 aliphatic rings. The van der Waals surface area contributed by atoms with E-state index in [1.807, 2.05) is 0 Å². The lowest BCUT2D eigenvalue weighted by atomic mass is 9.91. The lowest BCUT2D eigenvalue weighted by molar-refractivity contribution is -0.121.